The highest BCUT2D eigenvalue weighted by atomic mass is 16.3. The van der Waals surface area contributed by atoms with E-state index in [-0.39, 0.29) is 17.9 Å². The molecule has 1 heterocycles. The second-order valence-electron chi connectivity index (χ2n) is 6.52. The minimum absolute atomic E-state index is 0.0440. The molecule has 1 aliphatic carbocycles. The highest BCUT2D eigenvalue weighted by molar-refractivity contribution is 5.79. The number of aliphatic hydroxyl groups is 1. The van der Waals surface area contributed by atoms with E-state index in [1.54, 1.807) is 0 Å². The molecule has 0 aromatic carbocycles. The fourth-order valence-electron chi connectivity index (χ4n) is 3.48. The van der Waals surface area contributed by atoms with Gasteiger partial charge in [0, 0.05) is 19.1 Å². The van der Waals surface area contributed by atoms with Crippen molar-refractivity contribution in [3.8, 4) is 0 Å². The Morgan fingerprint density at radius 3 is 2.79 bits per heavy atom. The third-order valence-corrected chi connectivity index (χ3v) is 4.48. The summed E-state index contributed by atoms with van der Waals surface area (Å²) in [5.41, 5.74) is 0. The molecule has 0 spiro atoms. The van der Waals surface area contributed by atoms with Crippen molar-refractivity contribution in [1.82, 2.24) is 10.2 Å². The van der Waals surface area contributed by atoms with E-state index in [1.807, 2.05) is 0 Å². The Balaban J connectivity index is 1.74. The number of rotatable bonds is 4. The van der Waals surface area contributed by atoms with Gasteiger partial charge < -0.3 is 15.3 Å². The van der Waals surface area contributed by atoms with E-state index in [9.17, 15) is 9.90 Å². The number of nitrogens with zero attached hydrogens (tertiary/aromatic N) is 1. The smallest absolute Gasteiger partial charge is 0.225 e. The van der Waals surface area contributed by atoms with Crippen molar-refractivity contribution in [3.63, 3.8) is 0 Å². The van der Waals surface area contributed by atoms with Crippen LogP contribution in [0.3, 0.4) is 0 Å². The van der Waals surface area contributed by atoms with Gasteiger partial charge >= 0.3 is 0 Å². The van der Waals surface area contributed by atoms with Crippen LogP contribution in [0, 0.1) is 11.8 Å². The minimum atomic E-state index is -0.429. The molecule has 1 saturated carbocycles. The first-order chi connectivity index (χ1) is 9.06. The number of piperidine rings is 1. The number of amides is 1. The number of hydrogen-bond donors (Lipinski definition) is 2. The van der Waals surface area contributed by atoms with Gasteiger partial charge in [0.05, 0.1) is 12.0 Å². The summed E-state index contributed by atoms with van der Waals surface area (Å²) in [6, 6.07) is 0.172. The molecule has 0 radical (unpaired) electrons. The molecule has 2 aliphatic rings. The minimum Gasteiger partial charge on any atom is -0.392 e. The fraction of sp³-hybridized carbons (Fsp3) is 0.933. The van der Waals surface area contributed by atoms with E-state index in [0.29, 0.717) is 0 Å². The number of aliphatic hydroxyl groups excluding tert-OH is 1. The van der Waals surface area contributed by atoms with Crippen LogP contribution in [0.4, 0.5) is 0 Å². The van der Waals surface area contributed by atoms with Crippen molar-refractivity contribution in [2.75, 3.05) is 19.6 Å². The average Bonchev–Trinajstić information content (AvgIpc) is 2.75. The normalized spacial score (nSPS) is 34.2. The molecule has 4 nitrogen and oxygen atoms in total. The molecule has 1 saturated heterocycles. The van der Waals surface area contributed by atoms with Crippen molar-refractivity contribution in [2.24, 2.45) is 11.8 Å². The number of likely N-dealkylation sites (tertiary alicyclic amines) is 1. The van der Waals surface area contributed by atoms with Crippen molar-refractivity contribution in [2.45, 2.75) is 58.1 Å². The molecular formula is C15H28N2O2. The van der Waals surface area contributed by atoms with Crippen molar-refractivity contribution in [3.05, 3.63) is 0 Å². The average molecular weight is 268 g/mol. The van der Waals surface area contributed by atoms with E-state index in [2.05, 4.69) is 24.1 Å². The Kier molecular flexibility index (Phi) is 5.22. The topological polar surface area (TPSA) is 52.6 Å². The zero-order chi connectivity index (χ0) is 13.8. The molecule has 2 N–H and O–H groups in total. The third-order valence-electron chi connectivity index (χ3n) is 4.48. The summed E-state index contributed by atoms with van der Waals surface area (Å²) in [7, 11) is 0. The van der Waals surface area contributed by atoms with Gasteiger partial charge in [-0.1, -0.05) is 6.92 Å². The monoisotopic (exact) mass is 268 g/mol. The first-order valence-corrected chi connectivity index (χ1v) is 7.77. The lowest BCUT2D eigenvalue weighted by molar-refractivity contribution is -0.128. The van der Waals surface area contributed by atoms with Gasteiger partial charge in [0.15, 0.2) is 0 Å². The predicted molar refractivity (Wildman–Crippen MR) is 75.8 cm³/mol. The van der Waals surface area contributed by atoms with Crippen LogP contribution >= 0.6 is 0 Å². The van der Waals surface area contributed by atoms with Crippen LogP contribution < -0.4 is 5.32 Å². The predicted octanol–water partition coefficient (Wildman–Crippen LogP) is 1.38. The first-order valence-electron chi connectivity index (χ1n) is 7.77. The lowest BCUT2D eigenvalue weighted by Crippen LogP contribution is -2.47. The SMILES string of the molecule is CC1CCCN(CC(C)NC(=O)C2CCCC2O)C1. The summed E-state index contributed by atoms with van der Waals surface area (Å²) >= 11 is 0. The number of nitrogens with one attached hydrogen (secondary N) is 1. The molecule has 0 aromatic rings. The molecule has 110 valence electrons. The lowest BCUT2D eigenvalue weighted by atomic mass is 10.00. The molecule has 1 amide bonds. The van der Waals surface area contributed by atoms with E-state index >= 15 is 0 Å². The van der Waals surface area contributed by atoms with E-state index in [4.69, 9.17) is 0 Å². The van der Waals surface area contributed by atoms with Gasteiger partial charge in [-0.15, -0.1) is 0 Å². The van der Waals surface area contributed by atoms with Crippen molar-refractivity contribution >= 4 is 5.91 Å². The lowest BCUT2D eigenvalue weighted by Gasteiger charge is -2.33. The molecule has 2 fully saturated rings. The summed E-state index contributed by atoms with van der Waals surface area (Å²) in [6.07, 6.45) is 4.74. The van der Waals surface area contributed by atoms with Gasteiger partial charge in [0.2, 0.25) is 5.91 Å². The molecule has 0 bridgehead atoms. The van der Waals surface area contributed by atoms with Crippen LogP contribution in [0.1, 0.15) is 46.0 Å². The Morgan fingerprint density at radius 1 is 1.37 bits per heavy atom. The second-order valence-corrected chi connectivity index (χ2v) is 6.52. The maximum Gasteiger partial charge on any atom is 0.225 e. The molecule has 4 atom stereocenters. The summed E-state index contributed by atoms with van der Waals surface area (Å²) in [5, 5.41) is 12.8. The maximum atomic E-state index is 12.1. The third kappa shape index (κ3) is 4.18. The van der Waals surface area contributed by atoms with Crippen LogP contribution in [-0.4, -0.2) is 47.7 Å². The summed E-state index contributed by atoms with van der Waals surface area (Å²) in [4.78, 5) is 14.5. The van der Waals surface area contributed by atoms with Crippen LogP contribution in [0.15, 0.2) is 0 Å². The van der Waals surface area contributed by atoms with Gasteiger partial charge in [-0.25, -0.2) is 0 Å². The summed E-state index contributed by atoms with van der Waals surface area (Å²) in [6.45, 7) is 7.59. The van der Waals surface area contributed by atoms with Crippen LogP contribution in [-0.2, 0) is 4.79 Å². The number of hydrogen-bond acceptors (Lipinski definition) is 3. The highest BCUT2D eigenvalue weighted by Crippen LogP contribution is 2.25. The highest BCUT2D eigenvalue weighted by Gasteiger charge is 2.32. The van der Waals surface area contributed by atoms with Crippen molar-refractivity contribution in [1.29, 1.82) is 0 Å². The Hall–Kier alpha value is -0.610. The Bertz CT molecular complexity index is 309. The first kappa shape index (κ1) is 14.8. The van der Waals surface area contributed by atoms with Gasteiger partial charge in [0.25, 0.3) is 0 Å². The zero-order valence-electron chi connectivity index (χ0n) is 12.3. The van der Waals surface area contributed by atoms with Crippen LogP contribution in [0.2, 0.25) is 0 Å². The van der Waals surface area contributed by atoms with Crippen LogP contribution in [0.25, 0.3) is 0 Å². The van der Waals surface area contributed by atoms with Gasteiger partial charge in [-0.05, 0) is 51.5 Å². The number of carbonyl (C=O) groups excluding carboxylic acids is 1. The molecule has 19 heavy (non-hydrogen) atoms. The summed E-state index contributed by atoms with van der Waals surface area (Å²) < 4.78 is 0. The van der Waals surface area contributed by atoms with Gasteiger partial charge in [-0.2, -0.15) is 0 Å². The summed E-state index contributed by atoms with van der Waals surface area (Å²) in [5.74, 6) is 0.638. The standard InChI is InChI=1S/C15H28N2O2/c1-11-5-4-8-17(9-11)10-12(2)16-15(19)13-6-3-7-14(13)18/h11-14,18H,3-10H2,1-2H3,(H,16,19). The second kappa shape index (κ2) is 6.71. The fourth-order valence-corrected chi connectivity index (χ4v) is 3.48. The van der Waals surface area contributed by atoms with Crippen molar-refractivity contribution < 1.29 is 9.90 Å². The molecule has 1 aliphatic heterocycles. The molecule has 2 rings (SSSR count). The van der Waals surface area contributed by atoms with E-state index < -0.39 is 6.10 Å². The molecule has 0 aromatic heterocycles. The van der Waals surface area contributed by atoms with Gasteiger partial charge in [0.1, 0.15) is 0 Å². The largest absolute Gasteiger partial charge is 0.392 e. The Labute approximate surface area is 116 Å². The molecular weight excluding hydrogens is 240 g/mol. The van der Waals surface area contributed by atoms with E-state index in [1.165, 1.54) is 12.8 Å². The molecule has 4 unspecified atom stereocenters. The zero-order valence-corrected chi connectivity index (χ0v) is 12.3. The van der Waals surface area contributed by atoms with Crippen LogP contribution in [0.5, 0.6) is 0 Å². The molecule has 4 heteroatoms. The van der Waals surface area contributed by atoms with Gasteiger partial charge in [-0.3, -0.25) is 4.79 Å². The number of carbonyl (C=O) groups is 1. The quantitative estimate of drug-likeness (QED) is 0.810. The van der Waals surface area contributed by atoms with E-state index in [0.717, 1.165) is 44.8 Å². The Morgan fingerprint density at radius 2 is 2.16 bits per heavy atom. The maximum absolute atomic E-state index is 12.1.